The minimum absolute atomic E-state index is 0.00810. The van der Waals surface area contributed by atoms with E-state index in [1.807, 2.05) is 0 Å². The second kappa shape index (κ2) is 2.64. The fourth-order valence-electron chi connectivity index (χ4n) is 1.23. The van der Waals surface area contributed by atoms with Crippen LogP contribution in [0.4, 0.5) is 0 Å². The van der Waals surface area contributed by atoms with Gasteiger partial charge in [0, 0.05) is 12.1 Å². The van der Waals surface area contributed by atoms with Crippen molar-refractivity contribution in [1.82, 2.24) is 0 Å². The highest BCUT2D eigenvalue weighted by Crippen LogP contribution is 2.15. The lowest BCUT2D eigenvalue weighted by molar-refractivity contribution is 0.0976. The van der Waals surface area contributed by atoms with E-state index in [0.717, 1.165) is 19.3 Å². The molecule has 3 atom stereocenters. The molecule has 0 saturated heterocycles. The van der Waals surface area contributed by atoms with Gasteiger partial charge in [0.25, 0.3) is 0 Å². The molecule has 1 fully saturated rings. The Morgan fingerprint density at radius 2 is 1.89 bits per heavy atom. The number of nitrogens with two attached hydrogens (primary N) is 2. The van der Waals surface area contributed by atoms with E-state index < -0.39 is 0 Å². The van der Waals surface area contributed by atoms with E-state index in [4.69, 9.17) is 16.6 Å². The molecule has 0 aromatic heterocycles. The first-order chi connectivity index (χ1) is 4.22. The van der Waals surface area contributed by atoms with Crippen LogP contribution in [0.5, 0.6) is 0 Å². The van der Waals surface area contributed by atoms with Crippen LogP contribution < -0.4 is 11.5 Å². The van der Waals surface area contributed by atoms with E-state index >= 15 is 0 Å². The van der Waals surface area contributed by atoms with Gasteiger partial charge in [0.1, 0.15) is 0 Å². The molecule has 0 heterocycles. The lowest BCUT2D eigenvalue weighted by Crippen LogP contribution is -2.51. The molecule has 1 aliphatic rings. The predicted octanol–water partition coefficient (Wildman–Crippen LogP) is -0.814. The lowest BCUT2D eigenvalue weighted by atomic mass is 9.89. The van der Waals surface area contributed by atoms with Crippen LogP contribution in [0.25, 0.3) is 0 Å². The molecule has 5 N–H and O–H groups in total. The number of aliphatic hydroxyl groups excluding tert-OH is 1. The number of rotatable bonds is 0. The lowest BCUT2D eigenvalue weighted by Gasteiger charge is -2.29. The van der Waals surface area contributed by atoms with Crippen molar-refractivity contribution in [3.05, 3.63) is 0 Å². The van der Waals surface area contributed by atoms with Crippen LogP contribution in [0.15, 0.2) is 0 Å². The maximum Gasteiger partial charge on any atom is 0.0706 e. The fraction of sp³-hybridized carbons (Fsp3) is 1.00. The van der Waals surface area contributed by atoms with Crippen LogP contribution in [0, 0.1) is 0 Å². The number of hydrogen-bond acceptors (Lipinski definition) is 3. The smallest absolute Gasteiger partial charge is 0.0706 e. The highest BCUT2D eigenvalue weighted by molar-refractivity contribution is 4.86. The van der Waals surface area contributed by atoms with Crippen LogP contribution in [-0.2, 0) is 0 Å². The summed E-state index contributed by atoms with van der Waals surface area (Å²) in [7, 11) is 0. The Hall–Kier alpha value is -0.120. The second-order valence-electron chi connectivity index (χ2n) is 2.74. The molecule has 0 radical (unpaired) electrons. The van der Waals surface area contributed by atoms with Crippen molar-refractivity contribution in [2.24, 2.45) is 11.5 Å². The Balaban J connectivity index is 2.41. The van der Waals surface area contributed by atoms with Crippen molar-refractivity contribution in [2.75, 3.05) is 0 Å². The molecule has 0 spiro atoms. The minimum atomic E-state index is -0.367. The summed E-state index contributed by atoms with van der Waals surface area (Å²) in [6, 6.07) is -0.188. The minimum Gasteiger partial charge on any atom is -0.391 e. The Bertz CT molecular complexity index is 87.1. The SMILES string of the molecule is NC1CCC[C@H](O)C1N. The summed E-state index contributed by atoms with van der Waals surface area (Å²) in [6.45, 7) is 0. The Labute approximate surface area is 55.0 Å². The average Bonchev–Trinajstić information content (AvgIpc) is 1.83. The third kappa shape index (κ3) is 1.41. The molecule has 1 rings (SSSR count). The molecule has 9 heavy (non-hydrogen) atoms. The standard InChI is InChI=1S/C6H14N2O/c7-4-2-1-3-5(9)6(4)8/h4-6,9H,1-3,7-8H2/t4?,5-,6?/m0/s1. The van der Waals surface area contributed by atoms with Gasteiger partial charge in [-0.05, 0) is 19.3 Å². The molecule has 0 aromatic rings. The van der Waals surface area contributed by atoms with Crippen molar-refractivity contribution in [3.63, 3.8) is 0 Å². The van der Waals surface area contributed by atoms with Gasteiger partial charge in [-0.2, -0.15) is 0 Å². The van der Waals surface area contributed by atoms with Crippen LogP contribution >= 0.6 is 0 Å². The molecule has 0 bridgehead atoms. The molecular weight excluding hydrogens is 116 g/mol. The van der Waals surface area contributed by atoms with Crippen molar-refractivity contribution >= 4 is 0 Å². The third-order valence-corrected chi connectivity index (χ3v) is 1.98. The number of aliphatic hydroxyl groups is 1. The first-order valence-corrected chi connectivity index (χ1v) is 3.41. The maximum absolute atomic E-state index is 9.14. The quantitative estimate of drug-likeness (QED) is 0.401. The van der Waals surface area contributed by atoms with Gasteiger partial charge in [-0.25, -0.2) is 0 Å². The van der Waals surface area contributed by atoms with E-state index in [2.05, 4.69) is 0 Å². The molecule has 3 heteroatoms. The molecule has 1 aliphatic carbocycles. The van der Waals surface area contributed by atoms with Gasteiger partial charge in [-0.3, -0.25) is 0 Å². The summed E-state index contributed by atoms with van der Waals surface area (Å²) in [5.41, 5.74) is 11.1. The van der Waals surface area contributed by atoms with Gasteiger partial charge in [0.2, 0.25) is 0 Å². The fourth-order valence-corrected chi connectivity index (χ4v) is 1.23. The summed E-state index contributed by atoms with van der Waals surface area (Å²) in [6.07, 6.45) is 2.41. The molecule has 1 saturated carbocycles. The monoisotopic (exact) mass is 130 g/mol. The van der Waals surface area contributed by atoms with Crippen LogP contribution in [0.3, 0.4) is 0 Å². The van der Waals surface area contributed by atoms with E-state index in [9.17, 15) is 0 Å². The van der Waals surface area contributed by atoms with Gasteiger partial charge >= 0.3 is 0 Å². The van der Waals surface area contributed by atoms with Gasteiger partial charge in [0.15, 0.2) is 0 Å². The predicted molar refractivity (Wildman–Crippen MR) is 35.8 cm³/mol. The van der Waals surface area contributed by atoms with Crippen molar-refractivity contribution < 1.29 is 5.11 Å². The molecule has 3 nitrogen and oxygen atoms in total. The van der Waals surface area contributed by atoms with Crippen molar-refractivity contribution in [2.45, 2.75) is 37.5 Å². The normalized spacial score (nSPS) is 45.0. The van der Waals surface area contributed by atoms with E-state index in [0.29, 0.717) is 0 Å². The van der Waals surface area contributed by atoms with Crippen LogP contribution in [-0.4, -0.2) is 23.3 Å². The molecule has 54 valence electrons. The average molecular weight is 130 g/mol. The number of hydrogen-bond donors (Lipinski definition) is 3. The Kier molecular flexibility index (Phi) is 2.05. The van der Waals surface area contributed by atoms with E-state index in [1.54, 1.807) is 0 Å². The molecule has 0 aliphatic heterocycles. The van der Waals surface area contributed by atoms with E-state index in [1.165, 1.54) is 0 Å². The summed E-state index contributed by atoms with van der Waals surface area (Å²) < 4.78 is 0. The zero-order valence-electron chi connectivity index (χ0n) is 5.46. The highest BCUT2D eigenvalue weighted by Gasteiger charge is 2.25. The third-order valence-electron chi connectivity index (χ3n) is 1.98. The highest BCUT2D eigenvalue weighted by atomic mass is 16.3. The zero-order chi connectivity index (χ0) is 6.85. The molecule has 0 amide bonds. The Morgan fingerprint density at radius 1 is 1.22 bits per heavy atom. The van der Waals surface area contributed by atoms with Gasteiger partial charge in [-0.1, -0.05) is 0 Å². The van der Waals surface area contributed by atoms with Crippen molar-refractivity contribution in [3.8, 4) is 0 Å². The summed E-state index contributed by atoms with van der Waals surface area (Å²) >= 11 is 0. The Morgan fingerprint density at radius 3 is 2.33 bits per heavy atom. The summed E-state index contributed by atoms with van der Waals surface area (Å²) in [4.78, 5) is 0. The van der Waals surface area contributed by atoms with E-state index in [-0.39, 0.29) is 18.2 Å². The van der Waals surface area contributed by atoms with Gasteiger partial charge in [-0.15, -0.1) is 0 Å². The maximum atomic E-state index is 9.14. The zero-order valence-corrected chi connectivity index (χ0v) is 5.46. The van der Waals surface area contributed by atoms with Crippen LogP contribution in [0.1, 0.15) is 19.3 Å². The largest absolute Gasteiger partial charge is 0.391 e. The van der Waals surface area contributed by atoms with Gasteiger partial charge < -0.3 is 16.6 Å². The molecular formula is C6H14N2O. The first kappa shape index (κ1) is 6.99. The summed E-state index contributed by atoms with van der Waals surface area (Å²) in [5.74, 6) is 0. The summed E-state index contributed by atoms with van der Waals surface area (Å²) in [5, 5.41) is 9.14. The van der Waals surface area contributed by atoms with Gasteiger partial charge in [0.05, 0.1) is 6.10 Å². The molecule has 2 unspecified atom stereocenters. The van der Waals surface area contributed by atoms with Crippen molar-refractivity contribution in [1.29, 1.82) is 0 Å². The first-order valence-electron chi connectivity index (χ1n) is 3.41. The topological polar surface area (TPSA) is 72.3 Å². The second-order valence-corrected chi connectivity index (χ2v) is 2.74. The van der Waals surface area contributed by atoms with Crippen LogP contribution in [0.2, 0.25) is 0 Å². The molecule has 0 aromatic carbocycles.